The number of hydrogen-bond donors (Lipinski definition) is 1. The maximum absolute atomic E-state index is 14.9. The molecule has 0 bridgehead atoms. The van der Waals surface area contributed by atoms with Crippen LogP contribution in [0.25, 0.3) is 0 Å². The van der Waals surface area contributed by atoms with Gasteiger partial charge in [-0.15, -0.1) is 0 Å². The van der Waals surface area contributed by atoms with Crippen molar-refractivity contribution in [1.29, 1.82) is 0 Å². The van der Waals surface area contributed by atoms with Crippen molar-refractivity contribution in [3.63, 3.8) is 0 Å². The minimum absolute atomic E-state index is 0.0789. The van der Waals surface area contributed by atoms with Gasteiger partial charge in [0.25, 0.3) is 5.91 Å². The summed E-state index contributed by atoms with van der Waals surface area (Å²) >= 11 is 0. The Kier molecular flexibility index (Phi) is 6.22. The molecular formula is C22H25FN4O4. The first-order chi connectivity index (χ1) is 15.0. The highest BCUT2D eigenvalue weighted by Gasteiger charge is 2.30. The number of anilines is 2. The predicted molar refractivity (Wildman–Crippen MR) is 114 cm³/mol. The summed E-state index contributed by atoms with van der Waals surface area (Å²) < 4.78 is 25.5. The maximum atomic E-state index is 14.9. The number of carbonyl (C=O) groups excluding carboxylic acids is 2. The SMILES string of the molecule is C[C@H]1CN(c2ccc(N3CCNN(C(=O)COc4ccccc4)CC3)c(F)c2)C(=O)O1. The van der Waals surface area contributed by atoms with E-state index in [1.54, 1.807) is 31.2 Å². The Morgan fingerprint density at radius 1 is 1.19 bits per heavy atom. The fraction of sp³-hybridized carbons (Fsp3) is 0.364. The fourth-order valence-corrected chi connectivity index (χ4v) is 3.66. The van der Waals surface area contributed by atoms with Crippen molar-refractivity contribution in [1.82, 2.24) is 10.4 Å². The van der Waals surface area contributed by atoms with E-state index in [4.69, 9.17) is 9.47 Å². The Balaban J connectivity index is 1.36. The molecular weight excluding hydrogens is 403 g/mol. The predicted octanol–water partition coefficient (Wildman–Crippen LogP) is 2.40. The molecule has 0 spiro atoms. The van der Waals surface area contributed by atoms with Crippen LogP contribution in [0, 0.1) is 5.82 Å². The van der Waals surface area contributed by atoms with Crippen LogP contribution in [0.15, 0.2) is 48.5 Å². The fourth-order valence-electron chi connectivity index (χ4n) is 3.66. The highest BCUT2D eigenvalue weighted by molar-refractivity contribution is 5.90. The monoisotopic (exact) mass is 428 g/mol. The molecule has 0 aromatic heterocycles. The van der Waals surface area contributed by atoms with E-state index in [2.05, 4.69) is 5.43 Å². The second-order valence-electron chi connectivity index (χ2n) is 7.48. The lowest BCUT2D eigenvalue weighted by molar-refractivity contribution is -0.136. The van der Waals surface area contributed by atoms with Crippen LogP contribution < -0.4 is 20.0 Å². The normalized spacial score (nSPS) is 19.2. The number of nitrogens with one attached hydrogen (secondary N) is 1. The maximum Gasteiger partial charge on any atom is 0.414 e. The zero-order chi connectivity index (χ0) is 21.8. The number of cyclic esters (lactones) is 1. The van der Waals surface area contributed by atoms with Crippen LogP contribution in [0.4, 0.5) is 20.6 Å². The lowest BCUT2D eigenvalue weighted by Crippen LogP contribution is -2.45. The smallest absolute Gasteiger partial charge is 0.414 e. The van der Waals surface area contributed by atoms with Crippen LogP contribution in [-0.4, -0.2) is 62.4 Å². The van der Waals surface area contributed by atoms with Crippen LogP contribution in [0.5, 0.6) is 5.75 Å². The van der Waals surface area contributed by atoms with Gasteiger partial charge in [-0.3, -0.25) is 14.7 Å². The summed E-state index contributed by atoms with van der Waals surface area (Å²) in [5.74, 6) is 0.0194. The second kappa shape index (κ2) is 9.22. The van der Waals surface area contributed by atoms with E-state index >= 15 is 0 Å². The Morgan fingerprint density at radius 3 is 2.71 bits per heavy atom. The summed E-state index contributed by atoms with van der Waals surface area (Å²) in [4.78, 5) is 27.7. The number of carbonyl (C=O) groups is 2. The Hall–Kier alpha value is -3.33. The quantitative estimate of drug-likeness (QED) is 0.789. The number of ether oxygens (including phenoxy) is 2. The molecule has 31 heavy (non-hydrogen) atoms. The minimum Gasteiger partial charge on any atom is -0.484 e. The summed E-state index contributed by atoms with van der Waals surface area (Å²) in [5.41, 5.74) is 3.98. The molecule has 2 fully saturated rings. The highest BCUT2D eigenvalue weighted by Crippen LogP contribution is 2.28. The molecule has 2 heterocycles. The van der Waals surface area contributed by atoms with Crippen LogP contribution in [0.2, 0.25) is 0 Å². The summed E-state index contributed by atoms with van der Waals surface area (Å²) in [6, 6.07) is 13.9. The van der Waals surface area contributed by atoms with Gasteiger partial charge in [0.1, 0.15) is 17.7 Å². The van der Waals surface area contributed by atoms with Gasteiger partial charge in [-0.25, -0.2) is 14.6 Å². The van der Waals surface area contributed by atoms with Crippen LogP contribution in [0.1, 0.15) is 6.92 Å². The molecule has 2 aliphatic heterocycles. The molecule has 9 heteroatoms. The van der Waals surface area contributed by atoms with Gasteiger partial charge in [-0.2, -0.15) is 0 Å². The molecule has 2 aromatic rings. The van der Waals surface area contributed by atoms with Crippen molar-refractivity contribution in [3.05, 3.63) is 54.3 Å². The third-order valence-electron chi connectivity index (χ3n) is 5.23. The molecule has 1 N–H and O–H groups in total. The third kappa shape index (κ3) is 4.88. The van der Waals surface area contributed by atoms with Crippen LogP contribution in [0.3, 0.4) is 0 Å². The number of amides is 2. The molecule has 8 nitrogen and oxygen atoms in total. The topological polar surface area (TPSA) is 74.4 Å². The number of halogens is 1. The van der Waals surface area contributed by atoms with Gasteiger partial charge in [0.05, 0.1) is 24.5 Å². The largest absolute Gasteiger partial charge is 0.484 e. The Labute approximate surface area is 180 Å². The second-order valence-corrected chi connectivity index (χ2v) is 7.48. The number of hydrazine groups is 1. The van der Waals surface area contributed by atoms with Crippen molar-refractivity contribution in [2.75, 3.05) is 49.1 Å². The Bertz CT molecular complexity index is 942. The third-order valence-corrected chi connectivity index (χ3v) is 5.23. The molecule has 2 amide bonds. The van der Waals surface area contributed by atoms with Gasteiger partial charge in [0.15, 0.2) is 6.61 Å². The Morgan fingerprint density at radius 2 is 2.00 bits per heavy atom. The molecule has 0 unspecified atom stereocenters. The lowest BCUT2D eigenvalue weighted by atomic mass is 10.2. The average Bonchev–Trinajstić information content (AvgIpc) is 2.96. The van der Waals surface area contributed by atoms with Gasteiger partial charge in [0, 0.05) is 19.6 Å². The number of benzene rings is 2. The van der Waals surface area contributed by atoms with Gasteiger partial charge < -0.3 is 14.4 Å². The number of hydrogen-bond acceptors (Lipinski definition) is 6. The molecule has 2 aliphatic rings. The zero-order valence-corrected chi connectivity index (χ0v) is 17.3. The van der Waals surface area contributed by atoms with Gasteiger partial charge in [-0.05, 0) is 37.3 Å². The lowest BCUT2D eigenvalue weighted by Gasteiger charge is -2.24. The van der Waals surface area contributed by atoms with Gasteiger partial charge in [0.2, 0.25) is 0 Å². The van der Waals surface area contributed by atoms with E-state index in [0.717, 1.165) is 0 Å². The summed E-state index contributed by atoms with van der Waals surface area (Å²) in [5, 5.41) is 1.51. The molecule has 0 saturated carbocycles. The van der Waals surface area contributed by atoms with E-state index in [9.17, 15) is 14.0 Å². The molecule has 2 saturated heterocycles. The number of rotatable bonds is 5. The first kappa shape index (κ1) is 20.9. The van der Waals surface area contributed by atoms with E-state index in [1.807, 2.05) is 23.1 Å². The van der Waals surface area contributed by atoms with Gasteiger partial charge in [-0.1, -0.05) is 18.2 Å². The summed E-state index contributed by atoms with van der Waals surface area (Å²) in [6.45, 7) is 3.97. The first-order valence-corrected chi connectivity index (χ1v) is 10.3. The van der Waals surface area contributed by atoms with Crippen molar-refractivity contribution in [2.24, 2.45) is 0 Å². The summed E-state index contributed by atoms with van der Waals surface area (Å²) in [7, 11) is 0. The van der Waals surface area contributed by atoms with E-state index in [-0.39, 0.29) is 18.6 Å². The highest BCUT2D eigenvalue weighted by atomic mass is 19.1. The minimum atomic E-state index is -0.467. The molecule has 164 valence electrons. The molecule has 2 aromatic carbocycles. The first-order valence-electron chi connectivity index (χ1n) is 10.3. The van der Waals surface area contributed by atoms with Crippen molar-refractivity contribution < 1.29 is 23.5 Å². The van der Waals surface area contributed by atoms with Gasteiger partial charge >= 0.3 is 6.09 Å². The molecule has 0 aliphatic carbocycles. The van der Waals surface area contributed by atoms with Crippen molar-refractivity contribution >= 4 is 23.4 Å². The van der Waals surface area contributed by atoms with E-state index in [1.165, 1.54) is 16.0 Å². The van der Waals surface area contributed by atoms with E-state index < -0.39 is 11.9 Å². The molecule has 1 atom stereocenters. The average molecular weight is 428 g/mol. The van der Waals surface area contributed by atoms with Crippen LogP contribution >= 0.6 is 0 Å². The van der Waals surface area contributed by atoms with Crippen molar-refractivity contribution in [2.45, 2.75) is 13.0 Å². The van der Waals surface area contributed by atoms with Crippen LogP contribution in [-0.2, 0) is 9.53 Å². The van der Waals surface area contributed by atoms with Crippen molar-refractivity contribution in [3.8, 4) is 5.75 Å². The number of para-hydroxylation sites is 1. The molecule has 0 radical (unpaired) electrons. The summed E-state index contributed by atoms with van der Waals surface area (Å²) in [6.07, 6.45) is -0.688. The molecule has 4 rings (SSSR count). The number of nitrogens with zero attached hydrogens (tertiary/aromatic N) is 3. The standard InChI is InChI=1S/C22H25FN4O4/c1-16-14-26(22(29)31-16)17-7-8-20(19(23)13-17)25-10-9-24-27(12-11-25)21(28)15-30-18-5-3-2-4-6-18/h2-8,13,16,24H,9-12,14-15H2,1H3/t16-/m0/s1. The zero-order valence-electron chi connectivity index (χ0n) is 17.3. The van der Waals surface area contributed by atoms with E-state index in [0.29, 0.717) is 49.8 Å².